The number of rotatable bonds is 39. The number of ketones is 3. The van der Waals surface area contributed by atoms with Gasteiger partial charge >= 0.3 is 18.0 Å². The minimum Gasteiger partial charge on any atom is -0.462 e. The van der Waals surface area contributed by atoms with E-state index in [-0.39, 0.29) is 79.0 Å². The van der Waals surface area contributed by atoms with E-state index >= 15 is 0 Å². The van der Waals surface area contributed by atoms with Crippen molar-refractivity contribution in [1.82, 2.24) is 5.32 Å². The molecule has 1 aromatic rings. The van der Waals surface area contributed by atoms with Crippen molar-refractivity contribution >= 4 is 35.3 Å². The molecule has 10 atom stereocenters. The molecule has 0 spiro atoms. The summed E-state index contributed by atoms with van der Waals surface area (Å²) in [6.07, 6.45) is 26.7. The molecule has 0 aliphatic heterocycles. The first-order valence-electron chi connectivity index (χ1n) is 32.7. The highest BCUT2D eigenvalue weighted by atomic mass is 16.6. The van der Waals surface area contributed by atoms with Gasteiger partial charge < -0.3 is 34.7 Å². The number of primary amides is 1. The van der Waals surface area contributed by atoms with Crippen LogP contribution in [0.5, 0.6) is 0 Å². The van der Waals surface area contributed by atoms with Crippen molar-refractivity contribution in [3.63, 3.8) is 0 Å². The smallest absolute Gasteiger partial charge is 0.312 e. The van der Waals surface area contributed by atoms with E-state index < -0.39 is 17.9 Å². The lowest BCUT2D eigenvalue weighted by atomic mass is 9.47. The van der Waals surface area contributed by atoms with Crippen molar-refractivity contribution in [3.05, 3.63) is 47.0 Å². The largest absolute Gasteiger partial charge is 0.462 e. The van der Waals surface area contributed by atoms with E-state index in [2.05, 4.69) is 72.0 Å². The van der Waals surface area contributed by atoms with Gasteiger partial charge in [-0.25, -0.2) is 4.79 Å². The van der Waals surface area contributed by atoms with Crippen LogP contribution in [0.3, 0.4) is 0 Å². The second-order valence-electron chi connectivity index (χ2n) is 26.3. The topological polar surface area (TPSA) is 187 Å². The molecule has 10 unspecified atom stereocenters. The number of nitrogens with two attached hydrogens (primary N) is 1. The van der Waals surface area contributed by atoms with E-state index in [1.54, 1.807) is 5.57 Å². The maximum atomic E-state index is 13.1. The van der Waals surface area contributed by atoms with Gasteiger partial charge in [-0.3, -0.25) is 24.0 Å². The Hall–Kier alpha value is -3.94. The van der Waals surface area contributed by atoms with Crippen molar-refractivity contribution in [1.29, 1.82) is 0 Å². The van der Waals surface area contributed by atoms with Gasteiger partial charge in [-0.2, -0.15) is 0 Å². The summed E-state index contributed by atoms with van der Waals surface area (Å²) in [4.78, 5) is 73.4. The summed E-state index contributed by atoms with van der Waals surface area (Å²) < 4.78 is 28.2. The number of unbranched alkanes of at least 4 members (excludes halogenated alkanes) is 5. The number of urea groups is 1. The van der Waals surface area contributed by atoms with Crippen molar-refractivity contribution < 1.29 is 52.5 Å². The van der Waals surface area contributed by atoms with Gasteiger partial charge in [0, 0.05) is 50.5 Å². The number of esters is 2. The number of hydrogen-bond donors (Lipinski definition) is 2. The number of hydrogen-bond acceptors (Lipinski definition) is 11. The fourth-order valence-electron chi connectivity index (χ4n) is 14.5. The third kappa shape index (κ3) is 23.8. The van der Waals surface area contributed by atoms with E-state index in [0.29, 0.717) is 70.9 Å². The molecule has 4 aliphatic carbocycles. The van der Waals surface area contributed by atoms with Gasteiger partial charge in [-0.05, 0) is 141 Å². The first-order chi connectivity index (χ1) is 39.2. The fourth-order valence-corrected chi connectivity index (χ4v) is 14.5. The summed E-state index contributed by atoms with van der Waals surface area (Å²) in [6, 6.07) is 7.64. The van der Waals surface area contributed by atoms with E-state index in [9.17, 15) is 28.8 Å². The van der Waals surface area contributed by atoms with Gasteiger partial charge in [-0.15, -0.1) is 0 Å². The molecule has 13 heteroatoms. The molecular weight excluding hydrogens is 1030 g/mol. The molecule has 466 valence electrons. The molecule has 3 saturated carbocycles. The SMILES string of the molecule is CC(=O)C(CCCNC(N)=O)CC(=O)C(CC(=O)CCOCCOCCOCCC(=O)OC1CCC2(C)C(=CCC3C2CCC2(C)C(C(C)CCCC(C)C)CCC32)C1)C(C)C.CCCCCCCCC(=O)OCc1ccc(CC)cc1. The normalized spacial score (nSPS) is 24.0. The molecule has 0 aromatic heterocycles. The number of carbonyl (C=O) groups excluding carboxylic acids is 6. The Kier molecular flexibility index (Phi) is 32.2. The minimum atomic E-state index is -0.622. The van der Waals surface area contributed by atoms with Crippen LogP contribution >= 0.6 is 0 Å². The summed E-state index contributed by atoms with van der Waals surface area (Å²) in [7, 11) is 0. The quantitative estimate of drug-likeness (QED) is 0.0363. The Morgan fingerprint density at radius 1 is 0.683 bits per heavy atom. The Labute approximate surface area is 496 Å². The lowest BCUT2D eigenvalue weighted by Crippen LogP contribution is -2.51. The first-order valence-corrected chi connectivity index (χ1v) is 32.7. The second-order valence-corrected chi connectivity index (χ2v) is 26.3. The number of allylic oxidation sites excluding steroid dienone is 1. The van der Waals surface area contributed by atoms with Crippen LogP contribution in [0.2, 0.25) is 0 Å². The van der Waals surface area contributed by atoms with Gasteiger partial charge in [0.1, 0.15) is 30.1 Å². The van der Waals surface area contributed by atoms with Crippen LogP contribution < -0.4 is 11.1 Å². The Bertz CT molecular complexity index is 2100. The number of ether oxygens (including phenoxy) is 5. The molecule has 3 fully saturated rings. The van der Waals surface area contributed by atoms with Crippen molar-refractivity contribution in [2.24, 2.45) is 69.8 Å². The van der Waals surface area contributed by atoms with Crippen LogP contribution in [-0.2, 0) is 60.7 Å². The number of Topliss-reactive ketones (excluding diaryl/α,β-unsaturated/α-hetero) is 3. The summed E-state index contributed by atoms with van der Waals surface area (Å²) in [5.41, 5.74) is 9.74. The Balaban J connectivity index is 0.000000607. The number of fused-ring (bicyclic) bond motifs is 5. The molecular formula is C69H114N2O11. The summed E-state index contributed by atoms with van der Waals surface area (Å²) in [6.45, 7) is 24.8. The Morgan fingerprint density at radius 2 is 1.34 bits per heavy atom. The second kappa shape index (κ2) is 37.5. The molecule has 82 heavy (non-hydrogen) atoms. The zero-order valence-electron chi connectivity index (χ0n) is 53.1. The van der Waals surface area contributed by atoms with Gasteiger partial charge in [0.15, 0.2) is 0 Å². The predicted molar refractivity (Wildman–Crippen MR) is 327 cm³/mol. The molecule has 13 nitrogen and oxygen atoms in total. The Morgan fingerprint density at radius 3 is 1.99 bits per heavy atom. The van der Waals surface area contributed by atoms with Crippen LogP contribution in [-0.4, -0.2) is 87.6 Å². The van der Waals surface area contributed by atoms with Gasteiger partial charge in [-0.1, -0.05) is 150 Å². The minimum absolute atomic E-state index is 0.0405. The summed E-state index contributed by atoms with van der Waals surface area (Å²) >= 11 is 0. The molecule has 0 bridgehead atoms. The highest BCUT2D eigenvalue weighted by Crippen LogP contribution is 2.67. The lowest BCUT2D eigenvalue weighted by molar-refractivity contribution is -0.153. The van der Waals surface area contributed by atoms with Crippen LogP contribution in [0.1, 0.15) is 234 Å². The van der Waals surface area contributed by atoms with Crippen LogP contribution in [0.4, 0.5) is 4.79 Å². The molecule has 5 rings (SSSR count). The molecule has 3 N–H and O–H groups in total. The first kappa shape index (κ1) is 70.5. The molecule has 0 saturated heterocycles. The summed E-state index contributed by atoms with van der Waals surface area (Å²) in [5, 5.41) is 2.50. The maximum Gasteiger partial charge on any atom is 0.312 e. The van der Waals surface area contributed by atoms with Crippen LogP contribution in [0.15, 0.2) is 35.9 Å². The molecule has 1 aromatic carbocycles. The molecule has 0 radical (unpaired) electrons. The van der Waals surface area contributed by atoms with Crippen LogP contribution in [0, 0.1) is 64.1 Å². The van der Waals surface area contributed by atoms with E-state index in [1.165, 1.54) is 89.5 Å². The average molecular weight is 1150 g/mol. The highest BCUT2D eigenvalue weighted by Gasteiger charge is 2.59. The standard InChI is InChI=1S/C51H86N2O9.C18H28O2/c1-34(2)11-9-12-36(5)44-16-17-45-42-15-14-39-32-41(18-22-50(39,7)46(42)19-23-51(44,45)8)62-48(57)21-26-60-28-30-61-29-27-59-25-20-40(55)33-43(35(3)4)47(56)31-38(37(6)54)13-10-24-53-49(52)58;1-3-5-6-7-8-9-10-18(19)20-15-17-13-11-16(4-2)12-14-17/h14,34-36,38,41-46H,9-13,15-33H2,1-8H3,(H3,52,53,58);11-14H,3-10,15H2,1-2H3. The molecule has 0 heterocycles. The molecule has 2 amide bonds. The number of amides is 2. The molecule has 4 aliphatic rings. The van der Waals surface area contributed by atoms with E-state index in [4.69, 9.17) is 29.4 Å². The monoisotopic (exact) mass is 1150 g/mol. The van der Waals surface area contributed by atoms with Gasteiger partial charge in [0.25, 0.3) is 0 Å². The third-order valence-electron chi connectivity index (χ3n) is 19.6. The zero-order chi connectivity index (χ0) is 60.1. The van der Waals surface area contributed by atoms with Gasteiger partial charge in [0.2, 0.25) is 0 Å². The van der Waals surface area contributed by atoms with Gasteiger partial charge in [0.05, 0.1) is 46.1 Å². The zero-order valence-corrected chi connectivity index (χ0v) is 53.1. The third-order valence-corrected chi connectivity index (χ3v) is 19.6. The fraction of sp³-hybridized carbons (Fsp3) is 0.797. The lowest BCUT2D eigenvalue weighted by Gasteiger charge is -2.58. The number of nitrogens with one attached hydrogen (secondary N) is 1. The van der Waals surface area contributed by atoms with Crippen molar-refractivity contribution in [2.75, 3.05) is 46.2 Å². The number of benzene rings is 1. The van der Waals surface area contributed by atoms with Crippen molar-refractivity contribution in [3.8, 4) is 0 Å². The van der Waals surface area contributed by atoms with Crippen molar-refractivity contribution in [2.45, 2.75) is 242 Å². The average Bonchev–Trinajstić information content (AvgIpc) is 3.16. The highest BCUT2D eigenvalue weighted by molar-refractivity contribution is 5.91. The van der Waals surface area contributed by atoms with Crippen LogP contribution in [0.25, 0.3) is 0 Å². The maximum absolute atomic E-state index is 13.1. The van der Waals surface area contributed by atoms with E-state index in [1.807, 2.05) is 26.0 Å². The predicted octanol–water partition coefficient (Wildman–Crippen LogP) is 14.7. The number of carbonyl (C=O) groups is 6. The summed E-state index contributed by atoms with van der Waals surface area (Å²) in [5.74, 6) is 3.46. The van der Waals surface area contributed by atoms with E-state index in [0.717, 1.165) is 79.6 Å². The number of aryl methyl sites for hydroxylation is 1.